The molecule has 2 atom stereocenters. The molecule has 0 saturated heterocycles. The summed E-state index contributed by atoms with van der Waals surface area (Å²) >= 11 is 0. The summed E-state index contributed by atoms with van der Waals surface area (Å²) in [5.74, 6) is -3.23. The average molecular weight is 327 g/mol. The Morgan fingerprint density at radius 3 is 2.39 bits per heavy atom. The van der Waals surface area contributed by atoms with E-state index in [1.807, 2.05) is 13.8 Å². The van der Waals surface area contributed by atoms with Gasteiger partial charge in [0.2, 0.25) is 5.91 Å². The maximum absolute atomic E-state index is 13.3. The molecule has 0 aliphatic heterocycles. The summed E-state index contributed by atoms with van der Waals surface area (Å²) in [7, 11) is 0. The minimum atomic E-state index is -1.01. The van der Waals surface area contributed by atoms with E-state index in [-0.39, 0.29) is 37.3 Å². The van der Waals surface area contributed by atoms with Gasteiger partial charge in [0, 0.05) is 19.0 Å². The second-order valence-electron chi connectivity index (χ2n) is 5.83. The Kier molecular flexibility index (Phi) is 7.13. The van der Waals surface area contributed by atoms with Gasteiger partial charge >= 0.3 is 5.97 Å². The Hall–Kier alpha value is -1.98. The van der Waals surface area contributed by atoms with Gasteiger partial charge in [-0.25, -0.2) is 8.78 Å². The van der Waals surface area contributed by atoms with Crippen LogP contribution in [0.5, 0.6) is 0 Å². The van der Waals surface area contributed by atoms with E-state index in [0.717, 1.165) is 18.6 Å². The number of carboxylic acid groups (broad SMARTS) is 1. The van der Waals surface area contributed by atoms with Crippen molar-refractivity contribution in [3.63, 3.8) is 0 Å². The number of carbonyl (C=O) groups excluding carboxylic acids is 1. The van der Waals surface area contributed by atoms with Crippen molar-refractivity contribution in [2.75, 3.05) is 6.54 Å². The molecule has 1 N–H and O–H groups in total. The molecule has 4 nitrogen and oxygen atoms in total. The van der Waals surface area contributed by atoms with E-state index in [1.165, 1.54) is 11.0 Å². The topological polar surface area (TPSA) is 57.6 Å². The first-order valence-electron chi connectivity index (χ1n) is 7.70. The second kappa shape index (κ2) is 8.60. The Labute approximate surface area is 135 Å². The van der Waals surface area contributed by atoms with Gasteiger partial charge in [-0.05, 0) is 23.6 Å². The van der Waals surface area contributed by atoms with Crippen molar-refractivity contribution in [1.29, 1.82) is 0 Å². The number of aliphatic carboxylic acids is 1. The van der Waals surface area contributed by atoms with Crippen molar-refractivity contribution in [2.24, 2.45) is 11.8 Å². The summed E-state index contributed by atoms with van der Waals surface area (Å²) in [6.07, 6.45) is 0.632. The highest BCUT2D eigenvalue weighted by molar-refractivity contribution is 5.79. The van der Waals surface area contributed by atoms with Crippen LogP contribution in [0.25, 0.3) is 0 Å². The Morgan fingerprint density at radius 1 is 1.22 bits per heavy atom. The molecule has 0 saturated carbocycles. The minimum Gasteiger partial charge on any atom is -0.481 e. The molecule has 0 spiro atoms. The number of benzene rings is 1. The molecule has 1 amide bonds. The number of carboxylic acids is 1. The van der Waals surface area contributed by atoms with Gasteiger partial charge in [0.1, 0.15) is 0 Å². The molecule has 128 valence electrons. The third kappa shape index (κ3) is 5.62. The van der Waals surface area contributed by atoms with E-state index < -0.39 is 17.6 Å². The molecule has 1 aromatic carbocycles. The van der Waals surface area contributed by atoms with Crippen molar-refractivity contribution < 1.29 is 23.5 Å². The van der Waals surface area contributed by atoms with Crippen LogP contribution in [0.4, 0.5) is 8.78 Å². The number of hydrogen-bond donors (Lipinski definition) is 1. The van der Waals surface area contributed by atoms with Crippen LogP contribution in [0.2, 0.25) is 0 Å². The van der Waals surface area contributed by atoms with Crippen molar-refractivity contribution in [3.05, 3.63) is 35.4 Å². The number of amides is 1. The van der Waals surface area contributed by atoms with Crippen molar-refractivity contribution in [1.82, 2.24) is 4.90 Å². The lowest BCUT2D eigenvalue weighted by Gasteiger charge is -2.28. The average Bonchev–Trinajstić information content (AvgIpc) is 2.52. The maximum atomic E-state index is 13.3. The first kappa shape index (κ1) is 19.1. The summed E-state index contributed by atoms with van der Waals surface area (Å²) in [5.41, 5.74) is 0.430. The van der Waals surface area contributed by atoms with Crippen LogP contribution in [0, 0.1) is 23.5 Å². The van der Waals surface area contributed by atoms with Crippen LogP contribution in [0.1, 0.15) is 39.2 Å². The van der Waals surface area contributed by atoms with E-state index in [9.17, 15) is 18.4 Å². The van der Waals surface area contributed by atoms with Gasteiger partial charge < -0.3 is 10.0 Å². The standard InChI is InChI=1S/C17H23F2NO3/c1-4-11(2)12(3)17(23)20(8-7-16(21)22)10-13-5-6-14(18)15(19)9-13/h5-6,9,11-12H,4,7-8,10H2,1-3H3,(H,21,22). The summed E-state index contributed by atoms with van der Waals surface area (Å²) in [4.78, 5) is 24.8. The molecular weight excluding hydrogens is 304 g/mol. The fourth-order valence-corrected chi connectivity index (χ4v) is 2.24. The normalized spacial score (nSPS) is 13.4. The lowest BCUT2D eigenvalue weighted by atomic mass is 9.92. The van der Waals surface area contributed by atoms with Crippen LogP contribution < -0.4 is 0 Å². The first-order chi connectivity index (χ1) is 10.8. The van der Waals surface area contributed by atoms with E-state index in [0.29, 0.717) is 5.56 Å². The van der Waals surface area contributed by atoms with E-state index in [2.05, 4.69) is 0 Å². The number of rotatable bonds is 8. The highest BCUT2D eigenvalue weighted by Crippen LogP contribution is 2.19. The molecular formula is C17H23F2NO3. The molecule has 0 fully saturated rings. The zero-order valence-corrected chi connectivity index (χ0v) is 13.7. The lowest BCUT2D eigenvalue weighted by molar-refractivity contribution is -0.140. The number of halogens is 2. The van der Waals surface area contributed by atoms with Gasteiger partial charge in [0.05, 0.1) is 6.42 Å². The highest BCUT2D eigenvalue weighted by Gasteiger charge is 2.25. The molecule has 23 heavy (non-hydrogen) atoms. The Bertz CT molecular complexity index is 563. The van der Waals surface area contributed by atoms with Gasteiger partial charge in [-0.1, -0.05) is 33.3 Å². The first-order valence-corrected chi connectivity index (χ1v) is 7.70. The zero-order valence-electron chi connectivity index (χ0n) is 13.7. The molecule has 0 aliphatic carbocycles. The molecule has 0 radical (unpaired) electrons. The van der Waals surface area contributed by atoms with Gasteiger partial charge in [0.25, 0.3) is 0 Å². The fourth-order valence-electron chi connectivity index (χ4n) is 2.24. The SMILES string of the molecule is CCC(C)C(C)C(=O)N(CCC(=O)O)Cc1ccc(F)c(F)c1. The predicted octanol–water partition coefficient (Wildman–Crippen LogP) is 3.45. The molecule has 0 heterocycles. The van der Waals surface area contributed by atoms with Crippen LogP contribution in [-0.4, -0.2) is 28.4 Å². The van der Waals surface area contributed by atoms with Crippen LogP contribution in [0.3, 0.4) is 0 Å². The quantitative estimate of drug-likeness (QED) is 0.795. The van der Waals surface area contributed by atoms with Gasteiger partial charge in [-0.2, -0.15) is 0 Å². The van der Waals surface area contributed by atoms with Gasteiger partial charge in [0.15, 0.2) is 11.6 Å². The summed E-state index contributed by atoms with van der Waals surface area (Å²) in [5, 5.41) is 8.84. The molecule has 0 aromatic heterocycles. The minimum absolute atomic E-state index is 0.0357. The largest absolute Gasteiger partial charge is 0.481 e. The highest BCUT2D eigenvalue weighted by atomic mass is 19.2. The molecule has 2 unspecified atom stereocenters. The fraction of sp³-hybridized carbons (Fsp3) is 0.529. The third-order valence-corrected chi connectivity index (χ3v) is 4.15. The van der Waals surface area contributed by atoms with Crippen LogP contribution in [0.15, 0.2) is 18.2 Å². The Morgan fingerprint density at radius 2 is 1.87 bits per heavy atom. The summed E-state index contributed by atoms with van der Waals surface area (Å²) in [6, 6.07) is 3.43. The number of carbonyl (C=O) groups is 2. The molecule has 0 bridgehead atoms. The summed E-state index contributed by atoms with van der Waals surface area (Å²) < 4.78 is 26.3. The Balaban J connectivity index is 2.92. The van der Waals surface area contributed by atoms with Crippen molar-refractivity contribution in [3.8, 4) is 0 Å². The van der Waals surface area contributed by atoms with Crippen molar-refractivity contribution >= 4 is 11.9 Å². The monoisotopic (exact) mass is 327 g/mol. The lowest BCUT2D eigenvalue weighted by Crippen LogP contribution is -2.38. The number of hydrogen-bond acceptors (Lipinski definition) is 2. The van der Waals surface area contributed by atoms with Crippen LogP contribution >= 0.6 is 0 Å². The van der Waals surface area contributed by atoms with E-state index in [4.69, 9.17) is 5.11 Å². The van der Waals surface area contributed by atoms with Crippen LogP contribution in [-0.2, 0) is 16.1 Å². The smallest absolute Gasteiger partial charge is 0.305 e. The van der Waals surface area contributed by atoms with Gasteiger partial charge in [-0.15, -0.1) is 0 Å². The maximum Gasteiger partial charge on any atom is 0.305 e. The number of nitrogens with zero attached hydrogens (tertiary/aromatic N) is 1. The predicted molar refractivity (Wildman–Crippen MR) is 82.6 cm³/mol. The zero-order chi connectivity index (χ0) is 17.6. The molecule has 6 heteroatoms. The van der Waals surface area contributed by atoms with E-state index in [1.54, 1.807) is 6.92 Å². The summed E-state index contributed by atoms with van der Waals surface area (Å²) in [6.45, 7) is 5.83. The molecule has 1 rings (SSSR count). The molecule has 0 aliphatic rings. The van der Waals surface area contributed by atoms with Crippen molar-refractivity contribution in [2.45, 2.75) is 40.2 Å². The van der Waals surface area contributed by atoms with E-state index >= 15 is 0 Å². The molecule has 1 aromatic rings. The van der Waals surface area contributed by atoms with Gasteiger partial charge in [-0.3, -0.25) is 9.59 Å². The second-order valence-corrected chi connectivity index (χ2v) is 5.83. The third-order valence-electron chi connectivity index (χ3n) is 4.15.